The van der Waals surface area contributed by atoms with E-state index in [4.69, 9.17) is 10.8 Å². The molecule has 0 aliphatic rings. The summed E-state index contributed by atoms with van der Waals surface area (Å²) in [5, 5.41) is 8.83. The summed E-state index contributed by atoms with van der Waals surface area (Å²) in [6.45, 7) is 1.08. The van der Waals surface area contributed by atoms with Crippen molar-refractivity contribution < 1.29 is 13.9 Å². The summed E-state index contributed by atoms with van der Waals surface area (Å²) in [7, 11) is 0. The van der Waals surface area contributed by atoms with Gasteiger partial charge >= 0.3 is 0 Å². The Balaban J connectivity index is 3.92. The molecule has 0 rings (SSSR count). The molecule has 1 unspecified atom stereocenters. The molecule has 0 aliphatic heterocycles. The van der Waals surface area contributed by atoms with E-state index in [0.717, 1.165) is 0 Å². The first-order chi connectivity index (χ1) is 4.06. The van der Waals surface area contributed by atoms with Gasteiger partial charge in [-0.2, -0.15) is 0 Å². The zero-order chi connectivity index (χ0) is 7.49. The van der Waals surface area contributed by atoms with Crippen LogP contribution in [0.2, 0.25) is 0 Å². The van der Waals surface area contributed by atoms with Crippen LogP contribution >= 0.6 is 0 Å². The smallest absolute Gasteiger partial charge is 0.268 e. The van der Waals surface area contributed by atoms with Crippen LogP contribution < -0.4 is 5.73 Å². The molecule has 9 heavy (non-hydrogen) atoms. The van der Waals surface area contributed by atoms with Crippen LogP contribution in [0.4, 0.5) is 8.78 Å². The molecule has 0 heterocycles. The molecule has 2 nitrogen and oxygen atoms in total. The van der Waals surface area contributed by atoms with Crippen LogP contribution in [0.3, 0.4) is 0 Å². The third-order valence-electron chi connectivity index (χ3n) is 1.37. The summed E-state index contributed by atoms with van der Waals surface area (Å²) in [6.07, 6.45) is -2.76. The fourth-order valence-electron chi connectivity index (χ4n) is 0.388. The van der Waals surface area contributed by atoms with E-state index in [1.54, 1.807) is 0 Å². The van der Waals surface area contributed by atoms with Crippen LogP contribution in [0.1, 0.15) is 13.3 Å². The van der Waals surface area contributed by atoms with Crippen molar-refractivity contribution >= 4 is 0 Å². The van der Waals surface area contributed by atoms with Crippen molar-refractivity contribution in [2.45, 2.75) is 25.4 Å². The zero-order valence-corrected chi connectivity index (χ0v) is 5.27. The Morgan fingerprint density at radius 1 is 1.67 bits per heavy atom. The summed E-state index contributed by atoms with van der Waals surface area (Å²) >= 11 is 0. The monoisotopic (exact) mass is 139 g/mol. The van der Waals surface area contributed by atoms with Crippen molar-refractivity contribution in [3.63, 3.8) is 0 Å². The maximum Gasteiger partial charge on any atom is 0.268 e. The minimum atomic E-state index is -2.74. The Bertz CT molecular complexity index is 83.0. The van der Waals surface area contributed by atoms with Crippen molar-refractivity contribution in [1.82, 2.24) is 0 Å². The molecular weight excluding hydrogens is 128 g/mol. The second-order valence-corrected chi connectivity index (χ2v) is 1.96. The molecular formula is C5H11F2NO. The number of rotatable bonds is 3. The van der Waals surface area contributed by atoms with Crippen molar-refractivity contribution in [2.24, 2.45) is 5.73 Å². The third-order valence-corrected chi connectivity index (χ3v) is 1.37. The Morgan fingerprint density at radius 3 is 2.11 bits per heavy atom. The molecule has 56 valence electrons. The molecule has 0 amide bonds. The lowest BCUT2D eigenvalue weighted by atomic mass is 10.0. The predicted octanol–water partition coefficient (Wildman–Crippen LogP) is 0.351. The highest BCUT2D eigenvalue weighted by Crippen LogP contribution is 2.17. The van der Waals surface area contributed by atoms with Crippen molar-refractivity contribution in [3.8, 4) is 0 Å². The number of alkyl halides is 2. The lowest BCUT2D eigenvalue weighted by Crippen LogP contribution is -2.43. The number of hydrogen-bond donors (Lipinski definition) is 2. The van der Waals surface area contributed by atoms with Crippen LogP contribution in [-0.2, 0) is 0 Å². The fraction of sp³-hybridized carbons (Fsp3) is 1.00. The van der Waals surface area contributed by atoms with Gasteiger partial charge in [-0.3, -0.25) is 0 Å². The van der Waals surface area contributed by atoms with Gasteiger partial charge in [0.25, 0.3) is 6.43 Å². The minimum Gasteiger partial charge on any atom is -0.383 e. The Labute approximate surface area is 52.7 Å². The van der Waals surface area contributed by atoms with Gasteiger partial charge in [0.15, 0.2) is 0 Å². The van der Waals surface area contributed by atoms with E-state index in [1.165, 1.54) is 6.92 Å². The average Bonchev–Trinajstić information content (AvgIpc) is 1.86. The normalized spacial score (nSPS) is 18.0. The van der Waals surface area contributed by atoms with Crippen LogP contribution in [0.25, 0.3) is 0 Å². The van der Waals surface area contributed by atoms with Gasteiger partial charge in [0.1, 0.15) is 5.60 Å². The van der Waals surface area contributed by atoms with E-state index in [-0.39, 0.29) is 13.0 Å². The Kier molecular flexibility index (Phi) is 3.00. The van der Waals surface area contributed by atoms with E-state index in [0.29, 0.717) is 0 Å². The largest absolute Gasteiger partial charge is 0.383 e. The summed E-state index contributed by atoms with van der Waals surface area (Å²) in [5.74, 6) is 0. The molecule has 0 aromatic rings. The molecule has 1 atom stereocenters. The van der Waals surface area contributed by atoms with Crippen LogP contribution in [-0.4, -0.2) is 23.7 Å². The number of nitrogens with two attached hydrogens (primary N) is 1. The molecule has 4 heteroatoms. The third kappa shape index (κ3) is 1.87. The van der Waals surface area contributed by atoms with Crippen LogP contribution in [0.5, 0.6) is 0 Å². The van der Waals surface area contributed by atoms with Crippen molar-refractivity contribution in [1.29, 1.82) is 0 Å². The summed E-state index contributed by atoms with van der Waals surface area (Å²) in [5.41, 5.74) is 2.92. The maximum absolute atomic E-state index is 11.8. The second-order valence-electron chi connectivity index (χ2n) is 1.96. The van der Waals surface area contributed by atoms with Gasteiger partial charge in [0, 0.05) is 6.54 Å². The highest BCUT2D eigenvalue weighted by molar-refractivity contribution is 4.79. The van der Waals surface area contributed by atoms with E-state index in [1.807, 2.05) is 0 Å². The van der Waals surface area contributed by atoms with E-state index < -0.39 is 12.0 Å². The quantitative estimate of drug-likeness (QED) is 0.592. The molecule has 0 aliphatic carbocycles. The lowest BCUT2D eigenvalue weighted by Gasteiger charge is -2.22. The summed E-state index contributed by atoms with van der Waals surface area (Å²) in [4.78, 5) is 0. The first-order valence-corrected chi connectivity index (χ1v) is 2.77. The van der Waals surface area contributed by atoms with Crippen LogP contribution in [0.15, 0.2) is 0 Å². The predicted molar refractivity (Wildman–Crippen MR) is 30.3 cm³/mol. The van der Waals surface area contributed by atoms with Gasteiger partial charge in [-0.15, -0.1) is 0 Å². The topological polar surface area (TPSA) is 46.2 Å². The minimum absolute atomic E-state index is 0.0127. The fourth-order valence-corrected chi connectivity index (χ4v) is 0.388. The van der Waals surface area contributed by atoms with E-state index in [2.05, 4.69) is 0 Å². The first kappa shape index (κ1) is 8.78. The van der Waals surface area contributed by atoms with Gasteiger partial charge in [-0.05, 0) is 6.42 Å². The molecule has 0 aromatic carbocycles. The Hall–Kier alpha value is -0.220. The highest BCUT2D eigenvalue weighted by Gasteiger charge is 2.33. The summed E-state index contributed by atoms with van der Waals surface area (Å²) in [6, 6.07) is 0. The van der Waals surface area contributed by atoms with Crippen molar-refractivity contribution in [3.05, 3.63) is 0 Å². The molecule has 0 saturated heterocycles. The highest BCUT2D eigenvalue weighted by atomic mass is 19.3. The number of halogens is 2. The molecule has 0 radical (unpaired) electrons. The van der Waals surface area contributed by atoms with Gasteiger partial charge in [-0.25, -0.2) is 8.78 Å². The number of aliphatic hydroxyl groups is 1. The molecule has 0 spiro atoms. The van der Waals surface area contributed by atoms with Crippen LogP contribution in [0, 0.1) is 0 Å². The first-order valence-electron chi connectivity index (χ1n) is 2.77. The van der Waals surface area contributed by atoms with Gasteiger partial charge in [0.05, 0.1) is 0 Å². The van der Waals surface area contributed by atoms with Gasteiger partial charge < -0.3 is 10.8 Å². The number of hydrogen-bond acceptors (Lipinski definition) is 2. The lowest BCUT2D eigenvalue weighted by molar-refractivity contribution is -0.0910. The Morgan fingerprint density at radius 2 is 2.11 bits per heavy atom. The molecule has 0 bridgehead atoms. The molecule has 0 fully saturated rings. The van der Waals surface area contributed by atoms with Crippen molar-refractivity contribution in [2.75, 3.05) is 6.54 Å². The van der Waals surface area contributed by atoms with Gasteiger partial charge in [0.2, 0.25) is 0 Å². The molecule has 0 aromatic heterocycles. The van der Waals surface area contributed by atoms with E-state index in [9.17, 15) is 8.78 Å². The average molecular weight is 139 g/mol. The summed E-state index contributed by atoms with van der Waals surface area (Å²) < 4.78 is 23.5. The van der Waals surface area contributed by atoms with E-state index >= 15 is 0 Å². The maximum atomic E-state index is 11.8. The zero-order valence-electron chi connectivity index (χ0n) is 5.27. The SMILES string of the molecule is CCC(O)(CN)C(F)F. The second kappa shape index (κ2) is 3.08. The van der Waals surface area contributed by atoms with Gasteiger partial charge in [-0.1, -0.05) is 6.92 Å². The molecule has 3 N–H and O–H groups in total. The molecule has 0 saturated carbocycles. The standard InChI is InChI=1S/C5H11F2NO/c1-2-5(9,3-8)4(6)7/h4,9H,2-3,8H2,1H3.